The second kappa shape index (κ2) is 3.75. The summed E-state index contributed by atoms with van der Waals surface area (Å²) in [5.74, 6) is 0.697. The maximum atomic E-state index is 5.84. The lowest BCUT2D eigenvalue weighted by molar-refractivity contribution is -0.0413. The third kappa shape index (κ3) is 2.20. The largest absolute Gasteiger partial charge is 0.379 e. The van der Waals surface area contributed by atoms with Crippen LogP contribution in [-0.2, 0) is 4.74 Å². The monoisotopic (exact) mass is 171 g/mol. The predicted octanol–water partition coefficient (Wildman–Crippen LogP) is 1.93. The highest BCUT2D eigenvalue weighted by atomic mass is 16.5. The average Bonchev–Trinajstić information content (AvgIpc) is 2.05. The minimum Gasteiger partial charge on any atom is -0.379 e. The number of rotatable bonds is 2. The first kappa shape index (κ1) is 10.0. The van der Waals surface area contributed by atoms with Gasteiger partial charge in [-0.15, -0.1) is 0 Å². The molecular formula is C10H21NO. The van der Waals surface area contributed by atoms with Crippen LogP contribution in [0.5, 0.6) is 0 Å². The van der Waals surface area contributed by atoms with Crippen molar-refractivity contribution < 1.29 is 4.74 Å². The number of nitrogens with two attached hydrogens (primary N) is 1. The van der Waals surface area contributed by atoms with Crippen LogP contribution in [0.1, 0.15) is 39.5 Å². The van der Waals surface area contributed by atoms with E-state index in [2.05, 4.69) is 13.8 Å². The van der Waals surface area contributed by atoms with E-state index >= 15 is 0 Å². The second-order valence-corrected chi connectivity index (χ2v) is 4.42. The summed E-state index contributed by atoms with van der Waals surface area (Å²) in [6, 6.07) is 0.439. The lowest BCUT2D eigenvalue weighted by atomic mass is 9.77. The number of ether oxygens (including phenoxy) is 1. The molecule has 0 aromatic rings. The van der Waals surface area contributed by atoms with Crippen molar-refractivity contribution >= 4 is 0 Å². The molecule has 1 fully saturated rings. The third-order valence-corrected chi connectivity index (χ3v) is 3.28. The van der Waals surface area contributed by atoms with Crippen molar-refractivity contribution in [3.8, 4) is 0 Å². The van der Waals surface area contributed by atoms with Gasteiger partial charge in [0.25, 0.3) is 0 Å². The standard InChI is InChI=1S/C10H21NO/c1-10(2,12-3)8-4-6-9(11)7-5-8/h8-9H,4-7,11H2,1-3H3/t8-,9-. The SMILES string of the molecule is COC(C)(C)[C@H]1CC[C@H](N)CC1. The van der Waals surface area contributed by atoms with E-state index in [0.29, 0.717) is 12.0 Å². The zero-order valence-electron chi connectivity index (χ0n) is 8.47. The highest BCUT2D eigenvalue weighted by molar-refractivity contribution is 4.85. The number of hydrogen-bond donors (Lipinski definition) is 1. The zero-order valence-corrected chi connectivity index (χ0v) is 8.47. The van der Waals surface area contributed by atoms with Gasteiger partial charge in [-0.1, -0.05) is 0 Å². The molecule has 0 heterocycles. The molecule has 0 saturated heterocycles. The van der Waals surface area contributed by atoms with Crippen molar-refractivity contribution in [1.29, 1.82) is 0 Å². The first-order chi connectivity index (χ1) is 5.56. The molecule has 0 radical (unpaired) electrons. The van der Waals surface area contributed by atoms with Gasteiger partial charge in [0.15, 0.2) is 0 Å². The van der Waals surface area contributed by atoms with Gasteiger partial charge in [-0.25, -0.2) is 0 Å². The average molecular weight is 171 g/mol. The normalized spacial score (nSPS) is 32.0. The summed E-state index contributed by atoms with van der Waals surface area (Å²) < 4.78 is 5.47. The zero-order chi connectivity index (χ0) is 9.19. The van der Waals surface area contributed by atoms with Gasteiger partial charge in [0.05, 0.1) is 5.60 Å². The van der Waals surface area contributed by atoms with Crippen LogP contribution in [0.2, 0.25) is 0 Å². The molecule has 1 aliphatic carbocycles. The molecule has 0 amide bonds. The van der Waals surface area contributed by atoms with Gasteiger partial charge in [0, 0.05) is 13.2 Å². The van der Waals surface area contributed by atoms with Crippen LogP contribution >= 0.6 is 0 Å². The molecule has 0 aliphatic heterocycles. The molecule has 1 rings (SSSR count). The van der Waals surface area contributed by atoms with E-state index in [1.807, 2.05) is 0 Å². The highest BCUT2D eigenvalue weighted by Crippen LogP contribution is 2.33. The number of methoxy groups -OCH3 is 1. The summed E-state index contributed by atoms with van der Waals surface area (Å²) in [7, 11) is 1.80. The first-order valence-electron chi connectivity index (χ1n) is 4.87. The van der Waals surface area contributed by atoms with Gasteiger partial charge in [-0.05, 0) is 45.4 Å². The summed E-state index contributed by atoms with van der Waals surface area (Å²) in [6.07, 6.45) is 4.78. The predicted molar refractivity (Wildman–Crippen MR) is 51.0 cm³/mol. The summed E-state index contributed by atoms with van der Waals surface area (Å²) in [4.78, 5) is 0. The minimum atomic E-state index is 0.0418. The van der Waals surface area contributed by atoms with Gasteiger partial charge < -0.3 is 10.5 Å². The molecule has 2 nitrogen and oxygen atoms in total. The van der Waals surface area contributed by atoms with Crippen molar-refractivity contribution in [3.63, 3.8) is 0 Å². The van der Waals surface area contributed by atoms with Crippen molar-refractivity contribution in [2.24, 2.45) is 11.7 Å². The Morgan fingerprint density at radius 3 is 2.08 bits per heavy atom. The van der Waals surface area contributed by atoms with Gasteiger partial charge in [-0.3, -0.25) is 0 Å². The molecule has 0 aromatic carbocycles. The van der Waals surface area contributed by atoms with Crippen molar-refractivity contribution in [3.05, 3.63) is 0 Å². The maximum absolute atomic E-state index is 5.84. The van der Waals surface area contributed by atoms with Crippen LogP contribution < -0.4 is 5.73 Å². The Morgan fingerprint density at radius 1 is 1.17 bits per heavy atom. The highest BCUT2D eigenvalue weighted by Gasteiger charge is 2.31. The Kier molecular flexibility index (Phi) is 3.13. The van der Waals surface area contributed by atoms with E-state index in [9.17, 15) is 0 Å². The third-order valence-electron chi connectivity index (χ3n) is 3.28. The molecule has 0 atom stereocenters. The molecule has 1 saturated carbocycles. The quantitative estimate of drug-likeness (QED) is 0.689. The van der Waals surface area contributed by atoms with Crippen molar-refractivity contribution in [2.45, 2.75) is 51.2 Å². The van der Waals surface area contributed by atoms with Crippen LogP contribution in [0.4, 0.5) is 0 Å². The summed E-state index contributed by atoms with van der Waals surface area (Å²) in [6.45, 7) is 4.35. The van der Waals surface area contributed by atoms with Crippen molar-refractivity contribution in [2.75, 3.05) is 7.11 Å². The maximum Gasteiger partial charge on any atom is 0.0650 e. The topological polar surface area (TPSA) is 35.2 Å². The fraction of sp³-hybridized carbons (Fsp3) is 1.00. The molecule has 1 aliphatic rings. The van der Waals surface area contributed by atoms with E-state index in [-0.39, 0.29) is 5.60 Å². The van der Waals surface area contributed by atoms with E-state index in [4.69, 9.17) is 10.5 Å². The lowest BCUT2D eigenvalue weighted by Gasteiger charge is -2.37. The molecule has 0 aromatic heterocycles. The minimum absolute atomic E-state index is 0.0418. The Labute approximate surface area is 75.5 Å². The lowest BCUT2D eigenvalue weighted by Crippen LogP contribution is -2.38. The van der Waals surface area contributed by atoms with Gasteiger partial charge in [0.2, 0.25) is 0 Å². The Morgan fingerprint density at radius 2 is 1.67 bits per heavy atom. The smallest absolute Gasteiger partial charge is 0.0650 e. The van der Waals surface area contributed by atoms with Gasteiger partial charge >= 0.3 is 0 Å². The Balaban J connectivity index is 2.44. The summed E-state index contributed by atoms with van der Waals surface area (Å²) >= 11 is 0. The van der Waals surface area contributed by atoms with Crippen LogP contribution in [0.15, 0.2) is 0 Å². The molecule has 12 heavy (non-hydrogen) atoms. The van der Waals surface area contributed by atoms with E-state index < -0.39 is 0 Å². The Hall–Kier alpha value is -0.0800. The molecule has 2 heteroatoms. The van der Waals surface area contributed by atoms with Gasteiger partial charge in [0.1, 0.15) is 0 Å². The summed E-state index contributed by atoms with van der Waals surface area (Å²) in [5, 5.41) is 0. The van der Waals surface area contributed by atoms with Gasteiger partial charge in [-0.2, -0.15) is 0 Å². The molecule has 0 bridgehead atoms. The van der Waals surface area contributed by atoms with E-state index in [0.717, 1.165) is 12.8 Å². The molecule has 0 spiro atoms. The van der Waals surface area contributed by atoms with Crippen LogP contribution in [0, 0.1) is 5.92 Å². The molecule has 0 unspecified atom stereocenters. The number of hydrogen-bond acceptors (Lipinski definition) is 2. The molecule has 2 N–H and O–H groups in total. The summed E-state index contributed by atoms with van der Waals surface area (Å²) in [5.41, 5.74) is 5.88. The van der Waals surface area contributed by atoms with Crippen LogP contribution in [-0.4, -0.2) is 18.8 Å². The van der Waals surface area contributed by atoms with E-state index in [1.165, 1.54) is 12.8 Å². The van der Waals surface area contributed by atoms with Crippen LogP contribution in [0.25, 0.3) is 0 Å². The second-order valence-electron chi connectivity index (χ2n) is 4.42. The fourth-order valence-corrected chi connectivity index (χ4v) is 1.98. The van der Waals surface area contributed by atoms with Crippen LogP contribution in [0.3, 0.4) is 0 Å². The molecular weight excluding hydrogens is 150 g/mol. The molecule has 72 valence electrons. The van der Waals surface area contributed by atoms with E-state index in [1.54, 1.807) is 7.11 Å². The Bertz CT molecular complexity index is 137. The fourth-order valence-electron chi connectivity index (χ4n) is 1.98. The first-order valence-corrected chi connectivity index (χ1v) is 4.87. The van der Waals surface area contributed by atoms with Crippen molar-refractivity contribution in [1.82, 2.24) is 0 Å².